The molecule has 0 N–H and O–H groups in total. The van der Waals surface area contributed by atoms with Crippen LogP contribution in [0.4, 0.5) is 11.4 Å². The van der Waals surface area contributed by atoms with Gasteiger partial charge < -0.3 is 0 Å². The van der Waals surface area contributed by atoms with Crippen LogP contribution in [0.2, 0.25) is 0 Å². The van der Waals surface area contributed by atoms with E-state index < -0.39 is 4.92 Å². The molecule has 0 aromatic heterocycles. The topological polar surface area (TPSA) is 66.0 Å². The number of nitrogens with zero attached hydrogens (tertiary/aromatic N) is 2. The van der Waals surface area contributed by atoms with E-state index in [1.54, 1.807) is 6.08 Å². The van der Waals surface area contributed by atoms with E-state index in [0.717, 1.165) is 31.5 Å². The maximum atomic E-state index is 12.2. The van der Waals surface area contributed by atoms with Crippen molar-refractivity contribution in [1.82, 2.24) is 0 Å². The Morgan fingerprint density at radius 3 is 2.57 bits per heavy atom. The van der Waals surface area contributed by atoms with E-state index in [0.29, 0.717) is 5.56 Å². The van der Waals surface area contributed by atoms with Crippen LogP contribution in [0.15, 0.2) is 48.5 Å². The highest BCUT2D eigenvalue weighted by molar-refractivity contribution is 6.05. The fourth-order valence-electron chi connectivity index (χ4n) is 3.85. The Hall–Kier alpha value is -2.95. The minimum Gasteiger partial charge on any atom is -0.289 e. The highest BCUT2D eigenvalue weighted by Gasteiger charge is 2.43. The largest absolute Gasteiger partial charge is 0.289 e. The molecule has 0 unspecified atom stereocenters. The summed E-state index contributed by atoms with van der Waals surface area (Å²) in [6.07, 6.45) is 7.06. The molecule has 2 aromatic carbocycles. The van der Waals surface area contributed by atoms with Crippen molar-refractivity contribution in [2.24, 2.45) is 0 Å². The lowest BCUT2D eigenvalue weighted by Crippen LogP contribution is -2.27. The lowest BCUT2D eigenvalue weighted by molar-refractivity contribution is -0.438. The molecule has 0 aliphatic carbocycles. The number of para-hydroxylation sites is 1. The molecule has 1 aliphatic rings. The Balaban J connectivity index is 2.04. The van der Waals surface area contributed by atoms with Crippen molar-refractivity contribution < 1.29 is 14.6 Å². The first-order valence-electron chi connectivity index (χ1n) is 9.74. The van der Waals surface area contributed by atoms with Crippen molar-refractivity contribution >= 4 is 23.2 Å². The Kier molecular flexibility index (Phi) is 5.63. The van der Waals surface area contributed by atoms with Crippen molar-refractivity contribution in [1.29, 1.82) is 0 Å². The number of benzene rings is 2. The van der Waals surface area contributed by atoms with Gasteiger partial charge in [0.1, 0.15) is 6.54 Å². The van der Waals surface area contributed by atoms with Gasteiger partial charge in [0.2, 0.25) is 5.69 Å². The summed E-state index contributed by atoms with van der Waals surface area (Å²) in [5.74, 6) is -0.215. The molecular weight excluding hydrogens is 352 g/mol. The van der Waals surface area contributed by atoms with Crippen LogP contribution < -0.4 is 0 Å². The minimum atomic E-state index is -0.476. The van der Waals surface area contributed by atoms with Gasteiger partial charge in [0.15, 0.2) is 11.5 Å². The summed E-state index contributed by atoms with van der Waals surface area (Å²) in [5.41, 5.74) is 3.62. The molecule has 5 heteroatoms. The van der Waals surface area contributed by atoms with Crippen molar-refractivity contribution in [2.75, 3.05) is 6.54 Å². The summed E-state index contributed by atoms with van der Waals surface area (Å²) in [4.78, 5) is 10.6. The zero-order chi connectivity index (χ0) is 20.3. The smallest absolute Gasteiger partial charge is 0.270 e. The highest BCUT2D eigenvalue weighted by Crippen LogP contribution is 2.40. The van der Waals surface area contributed by atoms with Gasteiger partial charge in [-0.15, -0.1) is 0 Å². The van der Waals surface area contributed by atoms with E-state index in [1.165, 1.54) is 29.4 Å². The van der Waals surface area contributed by atoms with E-state index >= 15 is 0 Å². The molecule has 145 valence electrons. The summed E-state index contributed by atoms with van der Waals surface area (Å²) < 4.78 is 2.32. The Labute approximate surface area is 165 Å². The first-order valence-corrected chi connectivity index (χ1v) is 9.74. The van der Waals surface area contributed by atoms with E-state index in [4.69, 9.17) is 0 Å². The second-order valence-corrected chi connectivity index (χ2v) is 7.70. The predicted molar refractivity (Wildman–Crippen MR) is 111 cm³/mol. The number of non-ortho nitro benzene ring substituents is 1. The van der Waals surface area contributed by atoms with E-state index in [-0.39, 0.29) is 16.9 Å². The number of nitro groups is 1. The average Bonchev–Trinajstić information content (AvgIpc) is 2.88. The second kappa shape index (κ2) is 7.97. The number of hydrogen-bond donors (Lipinski definition) is 0. The van der Waals surface area contributed by atoms with E-state index in [2.05, 4.69) is 37.5 Å². The lowest BCUT2D eigenvalue weighted by atomic mass is 9.81. The van der Waals surface area contributed by atoms with Gasteiger partial charge in [-0.25, -0.2) is 0 Å². The van der Waals surface area contributed by atoms with Gasteiger partial charge in [-0.3, -0.25) is 15.2 Å². The molecule has 0 saturated carbocycles. The van der Waals surface area contributed by atoms with Crippen molar-refractivity contribution in [2.45, 2.75) is 45.4 Å². The third kappa shape index (κ3) is 3.70. The molecule has 1 radical (unpaired) electrons. The van der Waals surface area contributed by atoms with Crippen LogP contribution in [0.1, 0.15) is 51.2 Å². The lowest BCUT2D eigenvalue weighted by Gasteiger charge is -2.15. The number of hydrogen-bond acceptors (Lipinski definition) is 2. The molecule has 0 amide bonds. The van der Waals surface area contributed by atoms with Crippen LogP contribution in [-0.2, 0) is 10.5 Å². The SMILES string of the molecule is CCCCC[N+]1=C(/C=C/c2cc([N+](=O)[O-])ccc2[O])C(C)(C)c2ccccc21. The second-order valence-electron chi connectivity index (χ2n) is 7.70. The quantitative estimate of drug-likeness (QED) is 0.256. The molecule has 2 aromatic rings. The van der Waals surface area contributed by atoms with Gasteiger partial charge in [0, 0.05) is 41.8 Å². The van der Waals surface area contributed by atoms with Gasteiger partial charge in [-0.2, -0.15) is 4.58 Å². The van der Waals surface area contributed by atoms with E-state index in [1.807, 2.05) is 18.2 Å². The Morgan fingerprint density at radius 2 is 1.86 bits per heavy atom. The van der Waals surface area contributed by atoms with Gasteiger partial charge in [-0.1, -0.05) is 31.5 Å². The molecule has 0 saturated heterocycles. The molecule has 0 bridgehead atoms. The van der Waals surface area contributed by atoms with Crippen molar-refractivity contribution in [3.05, 3.63) is 69.8 Å². The maximum Gasteiger partial charge on any atom is 0.270 e. The van der Waals surface area contributed by atoms with Crippen LogP contribution in [0, 0.1) is 10.1 Å². The minimum absolute atomic E-state index is 0.0713. The summed E-state index contributed by atoms with van der Waals surface area (Å²) in [6.45, 7) is 7.45. The molecular formula is C23H26N2O3+. The number of allylic oxidation sites excluding steroid dienone is 1. The molecule has 0 atom stereocenters. The summed E-state index contributed by atoms with van der Waals surface area (Å²) in [6, 6.07) is 12.2. The predicted octanol–water partition coefficient (Wildman–Crippen LogP) is 6.02. The zero-order valence-electron chi connectivity index (χ0n) is 16.6. The van der Waals surface area contributed by atoms with Crippen LogP contribution in [0.25, 0.3) is 6.08 Å². The third-order valence-electron chi connectivity index (χ3n) is 5.41. The van der Waals surface area contributed by atoms with Crippen molar-refractivity contribution in [3.8, 4) is 5.75 Å². The van der Waals surface area contributed by atoms with Crippen LogP contribution >= 0.6 is 0 Å². The van der Waals surface area contributed by atoms with Crippen LogP contribution in [0.3, 0.4) is 0 Å². The monoisotopic (exact) mass is 378 g/mol. The summed E-state index contributed by atoms with van der Waals surface area (Å²) in [5, 5.41) is 23.2. The average molecular weight is 378 g/mol. The molecule has 1 heterocycles. The number of rotatable bonds is 7. The van der Waals surface area contributed by atoms with Crippen LogP contribution in [0.5, 0.6) is 5.75 Å². The Bertz CT molecular complexity index is 958. The molecule has 0 fully saturated rings. The van der Waals surface area contributed by atoms with Crippen molar-refractivity contribution in [3.63, 3.8) is 0 Å². The molecule has 5 nitrogen and oxygen atoms in total. The first-order chi connectivity index (χ1) is 13.4. The van der Waals surface area contributed by atoms with Gasteiger partial charge >= 0.3 is 0 Å². The molecule has 0 spiro atoms. The number of nitro benzene ring substituents is 1. The van der Waals surface area contributed by atoms with Gasteiger partial charge in [-0.05, 0) is 32.4 Å². The standard InChI is InChI=1S/C23H26N2O3/c1-4-5-8-15-24-20-10-7-6-9-19(20)23(2,3)22(24)14-11-17-16-18(25(27)28)12-13-21(17)26/h6-7,9-14,16H,4-5,8,15H2,1-3H3/q+1/b14-11+. The van der Waals surface area contributed by atoms with Crippen LogP contribution in [-0.4, -0.2) is 21.8 Å². The maximum absolute atomic E-state index is 12.2. The first kappa shape index (κ1) is 19.8. The summed E-state index contributed by atoms with van der Waals surface area (Å²) in [7, 11) is 0. The van der Waals surface area contributed by atoms with Gasteiger partial charge in [0.25, 0.3) is 5.69 Å². The highest BCUT2D eigenvalue weighted by atomic mass is 16.6. The number of unbranched alkanes of at least 4 members (excludes halogenated alkanes) is 2. The molecule has 3 rings (SSSR count). The third-order valence-corrected chi connectivity index (χ3v) is 5.41. The van der Waals surface area contributed by atoms with E-state index in [9.17, 15) is 15.2 Å². The normalized spacial score (nSPS) is 15.2. The zero-order valence-corrected chi connectivity index (χ0v) is 16.6. The van der Waals surface area contributed by atoms with Gasteiger partial charge in [0.05, 0.1) is 10.3 Å². The fourth-order valence-corrected chi connectivity index (χ4v) is 3.85. The number of fused-ring (bicyclic) bond motifs is 1. The molecule has 28 heavy (non-hydrogen) atoms. The Morgan fingerprint density at radius 1 is 1.11 bits per heavy atom. The molecule has 1 aliphatic heterocycles. The fraction of sp³-hybridized carbons (Fsp3) is 0.348. The summed E-state index contributed by atoms with van der Waals surface area (Å²) >= 11 is 0.